The van der Waals surface area contributed by atoms with E-state index in [1.54, 1.807) is 0 Å². The first-order chi connectivity index (χ1) is 10.6. The molecule has 2 aromatic rings. The van der Waals surface area contributed by atoms with Gasteiger partial charge in [-0.2, -0.15) is 0 Å². The van der Waals surface area contributed by atoms with Crippen molar-refractivity contribution in [3.8, 4) is 0 Å². The molecule has 0 atom stereocenters. The first-order valence-corrected chi connectivity index (χ1v) is 8.08. The summed E-state index contributed by atoms with van der Waals surface area (Å²) in [5.74, 6) is 0. The monoisotopic (exact) mass is 311 g/mol. The molecular formula is C18H21N3S. The average Bonchev–Trinajstić information content (AvgIpc) is 3.34. The molecule has 0 bridgehead atoms. The fourth-order valence-corrected chi connectivity index (χ4v) is 2.82. The van der Waals surface area contributed by atoms with Gasteiger partial charge in [-0.1, -0.05) is 12.1 Å². The molecule has 1 aromatic heterocycles. The van der Waals surface area contributed by atoms with Gasteiger partial charge in [0.2, 0.25) is 0 Å². The van der Waals surface area contributed by atoms with E-state index in [0.29, 0.717) is 6.04 Å². The third-order valence-corrected chi connectivity index (χ3v) is 4.32. The molecule has 0 saturated heterocycles. The van der Waals surface area contributed by atoms with Gasteiger partial charge in [0, 0.05) is 30.7 Å². The van der Waals surface area contributed by atoms with E-state index in [-0.39, 0.29) is 0 Å². The Morgan fingerprint density at radius 3 is 2.64 bits per heavy atom. The summed E-state index contributed by atoms with van der Waals surface area (Å²) in [6.45, 7) is 5.04. The molecule has 3 rings (SSSR count). The van der Waals surface area contributed by atoms with Crippen LogP contribution < -0.4 is 5.32 Å². The number of hydrogen-bond acceptors (Lipinski definition) is 2. The van der Waals surface area contributed by atoms with Crippen LogP contribution in [0, 0.1) is 13.8 Å². The van der Waals surface area contributed by atoms with E-state index in [1.165, 1.54) is 29.5 Å². The zero-order chi connectivity index (χ0) is 15.5. The molecular weight excluding hydrogens is 290 g/mol. The predicted molar refractivity (Wildman–Crippen MR) is 94.9 cm³/mol. The SMILES string of the molecule is Cc1ccc(C)c(NC(=S)N(Cc2ccncc2)C2CC2)c1. The van der Waals surface area contributed by atoms with Crippen molar-refractivity contribution in [2.24, 2.45) is 0 Å². The van der Waals surface area contributed by atoms with E-state index in [4.69, 9.17) is 12.2 Å². The van der Waals surface area contributed by atoms with Gasteiger partial charge in [-0.05, 0) is 73.8 Å². The van der Waals surface area contributed by atoms with Gasteiger partial charge < -0.3 is 10.2 Å². The van der Waals surface area contributed by atoms with Gasteiger partial charge in [0.05, 0.1) is 0 Å². The summed E-state index contributed by atoms with van der Waals surface area (Å²) in [5, 5.41) is 4.25. The molecule has 1 saturated carbocycles. The van der Waals surface area contributed by atoms with Crippen molar-refractivity contribution in [2.45, 2.75) is 39.3 Å². The Morgan fingerprint density at radius 2 is 1.95 bits per heavy atom. The first kappa shape index (κ1) is 15.0. The van der Waals surface area contributed by atoms with E-state index in [2.05, 4.69) is 59.4 Å². The van der Waals surface area contributed by atoms with Crippen LogP contribution in [0.25, 0.3) is 0 Å². The molecule has 1 aromatic carbocycles. The van der Waals surface area contributed by atoms with E-state index < -0.39 is 0 Å². The molecule has 0 unspecified atom stereocenters. The molecule has 1 fully saturated rings. The third kappa shape index (κ3) is 3.63. The third-order valence-electron chi connectivity index (χ3n) is 3.99. The molecule has 0 amide bonds. The molecule has 22 heavy (non-hydrogen) atoms. The highest BCUT2D eigenvalue weighted by atomic mass is 32.1. The van der Waals surface area contributed by atoms with Crippen LogP contribution in [0.2, 0.25) is 0 Å². The smallest absolute Gasteiger partial charge is 0.173 e. The summed E-state index contributed by atoms with van der Waals surface area (Å²) in [6, 6.07) is 11.1. The number of rotatable bonds is 4. The second kappa shape index (κ2) is 6.44. The minimum absolute atomic E-state index is 0.568. The maximum absolute atomic E-state index is 5.67. The first-order valence-electron chi connectivity index (χ1n) is 7.67. The summed E-state index contributed by atoms with van der Waals surface area (Å²) >= 11 is 5.67. The van der Waals surface area contributed by atoms with Gasteiger partial charge in [-0.25, -0.2) is 0 Å². The number of aryl methyl sites for hydroxylation is 2. The highest BCUT2D eigenvalue weighted by Crippen LogP contribution is 2.29. The number of thiocarbonyl (C=S) groups is 1. The van der Waals surface area contributed by atoms with Crippen molar-refractivity contribution in [1.29, 1.82) is 0 Å². The zero-order valence-electron chi connectivity index (χ0n) is 13.0. The average molecular weight is 311 g/mol. The van der Waals surface area contributed by atoms with Crippen LogP contribution in [0.3, 0.4) is 0 Å². The highest BCUT2D eigenvalue weighted by Gasteiger charge is 2.30. The van der Waals surface area contributed by atoms with Crippen LogP contribution >= 0.6 is 12.2 Å². The fourth-order valence-electron chi connectivity index (χ4n) is 2.50. The molecule has 4 heteroatoms. The van der Waals surface area contributed by atoms with E-state index >= 15 is 0 Å². The number of hydrogen-bond donors (Lipinski definition) is 1. The number of nitrogens with one attached hydrogen (secondary N) is 1. The second-order valence-electron chi connectivity index (χ2n) is 5.96. The number of benzene rings is 1. The van der Waals surface area contributed by atoms with Crippen LogP contribution in [0.15, 0.2) is 42.7 Å². The Morgan fingerprint density at radius 1 is 1.23 bits per heavy atom. The molecule has 0 radical (unpaired) electrons. The molecule has 1 aliphatic rings. The molecule has 1 heterocycles. The van der Waals surface area contributed by atoms with Crippen LogP contribution in [-0.2, 0) is 6.54 Å². The summed E-state index contributed by atoms with van der Waals surface area (Å²) in [6.07, 6.45) is 6.11. The predicted octanol–water partition coefficient (Wildman–Crippen LogP) is 4.06. The maximum atomic E-state index is 5.67. The van der Waals surface area contributed by atoms with Crippen LogP contribution in [0.5, 0.6) is 0 Å². The second-order valence-corrected chi connectivity index (χ2v) is 6.35. The van der Waals surface area contributed by atoms with Gasteiger partial charge in [-0.15, -0.1) is 0 Å². The highest BCUT2D eigenvalue weighted by molar-refractivity contribution is 7.80. The van der Waals surface area contributed by atoms with Gasteiger partial charge in [0.25, 0.3) is 0 Å². The van der Waals surface area contributed by atoms with Gasteiger partial charge in [0.15, 0.2) is 5.11 Å². The Labute approximate surface area is 137 Å². The normalized spacial score (nSPS) is 13.7. The molecule has 1 N–H and O–H groups in total. The zero-order valence-corrected chi connectivity index (χ0v) is 13.9. The topological polar surface area (TPSA) is 28.2 Å². The summed E-state index contributed by atoms with van der Waals surface area (Å²) in [7, 11) is 0. The standard InChI is InChI=1S/C18H21N3S/c1-13-3-4-14(2)17(11-13)20-18(22)21(16-5-6-16)12-15-7-9-19-10-8-15/h3-4,7-11,16H,5-6,12H2,1-2H3,(H,20,22). The van der Waals surface area contributed by atoms with E-state index in [9.17, 15) is 0 Å². The quantitative estimate of drug-likeness (QED) is 0.862. The molecule has 1 aliphatic carbocycles. The lowest BCUT2D eigenvalue weighted by molar-refractivity contribution is 0.409. The largest absolute Gasteiger partial charge is 0.342 e. The summed E-state index contributed by atoms with van der Waals surface area (Å²) < 4.78 is 0. The Hall–Kier alpha value is -1.94. The van der Waals surface area contributed by atoms with E-state index in [0.717, 1.165) is 17.3 Å². The number of anilines is 1. The fraction of sp³-hybridized carbons (Fsp3) is 0.333. The van der Waals surface area contributed by atoms with Crippen molar-refractivity contribution in [3.63, 3.8) is 0 Å². The molecule has 3 nitrogen and oxygen atoms in total. The van der Waals surface area contributed by atoms with Gasteiger partial charge >= 0.3 is 0 Å². The van der Waals surface area contributed by atoms with Crippen molar-refractivity contribution >= 4 is 23.0 Å². The van der Waals surface area contributed by atoms with Crippen LogP contribution in [0.1, 0.15) is 29.5 Å². The number of nitrogens with zero attached hydrogens (tertiary/aromatic N) is 2. The van der Waals surface area contributed by atoms with Gasteiger partial charge in [0.1, 0.15) is 0 Å². The molecule has 0 spiro atoms. The molecule has 114 valence electrons. The lowest BCUT2D eigenvalue weighted by Crippen LogP contribution is -2.36. The summed E-state index contributed by atoms with van der Waals surface area (Å²) in [4.78, 5) is 6.38. The lowest BCUT2D eigenvalue weighted by atomic mass is 10.1. The number of pyridine rings is 1. The summed E-state index contributed by atoms with van der Waals surface area (Å²) in [5.41, 5.74) is 4.80. The van der Waals surface area contributed by atoms with Crippen molar-refractivity contribution < 1.29 is 0 Å². The molecule has 0 aliphatic heterocycles. The minimum atomic E-state index is 0.568. The van der Waals surface area contributed by atoms with Gasteiger partial charge in [-0.3, -0.25) is 4.98 Å². The van der Waals surface area contributed by atoms with Crippen LogP contribution in [0.4, 0.5) is 5.69 Å². The van der Waals surface area contributed by atoms with Crippen molar-refractivity contribution in [2.75, 3.05) is 5.32 Å². The van der Waals surface area contributed by atoms with Crippen molar-refractivity contribution in [3.05, 3.63) is 59.4 Å². The Bertz CT molecular complexity index is 665. The van der Waals surface area contributed by atoms with Crippen LogP contribution in [-0.4, -0.2) is 21.0 Å². The van der Waals surface area contributed by atoms with Crippen molar-refractivity contribution in [1.82, 2.24) is 9.88 Å². The minimum Gasteiger partial charge on any atom is -0.342 e. The Kier molecular flexibility index (Phi) is 4.39. The Balaban J connectivity index is 1.74. The lowest BCUT2D eigenvalue weighted by Gasteiger charge is -2.26. The maximum Gasteiger partial charge on any atom is 0.173 e. The van der Waals surface area contributed by atoms with E-state index in [1.807, 2.05) is 12.4 Å². The number of aromatic nitrogens is 1.